The Kier molecular flexibility index (Phi) is 5.99. The fraction of sp³-hybridized carbons (Fsp3) is 0.471. The zero-order chi connectivity index (χ0) is 17.8. The van der Waals surface area contributed by atoms with E-state index in [1.165, 1.54) is 12.1 Å². The van der Waals surface area contributed by atoms with E-state index >= 15 is 0 Å². The first-order chi connectivity index (χ1) is 10.5. The molecule has 1 rings (SSSR count). The van der Waals surface area contributed by atoms with Crippen molar-refractivity contribution in [1.29, 1.82) is 0 Å². The van der Waals surface area contributed by atoms with E-state index in [2.05, 4.69) is 6.58 Å². The largest absolute Gasteiger partial charge is 0.443 e. The fourth-order valence-corrected chi connectivity index (χ4v) is 3.16. The summed E-state index contributed by atoms with van der Waals surface area (Å²) in [6, 6.07) is 6.36. The Labute approximate surface area is 139 Å². The maximum atomic E-state index is 12.8. The second-order valence-electron chi connectivity index (χ2n) is 6.54. The number of amides is 1. The maximum absolute atomic E-state index is 12.8. The van der Waals surface area contributed by atoms with Gasteiger partial charge in [-0.25, -0.2) is 13.2 Å². The lowest BCUT2D eigenvalue weighted by atomic mass is 10.2. The number of rotatable bonds is 5. The molecule has 0 radical (unpaired) electrons. The van der Waals surface area contributed by atoms with Crippen molar-refractivity contribution in [3.8, 4) is 0 Å². The number of benzene rings is 1. The molecule has 128 valence electrons. The number of carbonyl (C=O) groups is 1. The van der Waals surface area contributed by atoms with Crippen LogP contribution in [0.2, 0.25) is 0 Å². The minimum atomic E-state index is -3.98. The third kappa shape index (κ3) is 5.39. The standard InChI is InChI=1S/C17H25NO4S/c1-7-13(2)12-18(16(19)22-17(4,5)6)23(20,21)15-10-8-14(3)9-11-15/h7-11,13H,1,12H2,2-6H3/t13-/m0/s1. The van der Waals surface area contributed by atoms with Crippen LogP contribution in [0.1, 0.15) is 33.3 Å². The highest BCUT2D eigenvalue weighted by atomic mass is 32.2. The summed E-state index contributed by atoms with van der Waals surface area (Å²) in [5.74, 6) is -0.192. The molecule has 0 aliphatic carbocycles. The van der Waals surface area contributed by atoms with Gasteiger partial charge in [-0.05, 0) is 45.7 Å². The fourth-order valence-electron chi connectivity index (χ4n) is 1.76. The smallest absolute Gasteiger partial charge is 0.424 e. The quantitative estimate of drug-likeness (QED) is 0.767. The molecule has 0 aliphatic rings. The van der Waals surface area contributed by atoms with E-state index in [0.29, 0.717) is 0 Å². The summed E-state index contributed by atoms with van der Waals surface area (Å²) in [6.45, 7) is 12.3. The number of hydrogen-bond acceptors (Lipinski definition) is 4. The summed E-state index contributed by atoms with van der Waals surface area (Å²) >= 11 is 0. The Balaban J connectivity index is 3.23. The zero-order valence-electron chi connectivity index (χ0n) is 14.4. The number of sulfonamides is 1. The summed E-state index contributed by atoms with van der Waals surface area (Å²) < 4.78 is 31.6. The van der Waals surface area contributed by atoms with Gasteiger partial charge in [-0.1, -0.05) is 30.7 Å². The van der Waals surface area contributed by atoms with Gasteiger partial charge >= 0.3 is 6.09 Å². The van der Waals surface area contributed by atoms with Crippen molar-refractivity contribution in [2.45, 2.75) is 45.1 Å². The number of aryl methyl sites for hydroxylation is 1. The SMILES string of the molecule is C=C[C@H](C)CN(C(=O)OC(C)(C)C)S(=O)(=O)c1ccc(C)cc1. The van der Waals surface area contributed by atoms with Crippen LogP contribution >= 0.6 is 0 Å². The van der Waals surface area contributed by atoms with Gasteiger partial charge in [0.1, 0.15) is 5.60 Å². The number of hydrogen-bond donors (Lipinski definition) is 0. The van der Waals surface area contributed by atoms with Crippen molar-refractivity contribution in [3.05, 3.63) is 42.5 Å². The van der Waals surface area contributed by atoms with E-state index in [1.54, 1.807) is 45.9 Å². The summed E-state index contributed by atoms with van der Waals surface area (Å²) in [5.41, 5.74) is 0.155. The number of ether oxygens (including phenoxy) is 1. The first-order valence-corrected chi connectivity index (χ1v) is 8.86. The summed E-state index contributed by atoms with van der Waals surface area (Å²) in [7, 11) is -3.98. The van der Waals surface area contributed by atoms with E-state index in [4.69, 9.17) is 4.74 Å². The third-order valence-corrected chi connectivity index (χ3v) is 4.81. The lowest BCUT2D eigenvalue weighted by Crippen LogP contribution is -2.42. The summed E-state index contributed by atoms with van der Waals surface area (Å²) in [6.07, 6.45) is 0.717. The molecule has 0 saturated carbocycles. The van der Waals surface area contributed by atoms with Gasteiger partial charge in [0.2, 0.25) is 0 Å². The van der Waals surface area contributed by atoms with Gasteiger partial charge in [-0.15, -0.1) is 6.58 Å². The molecule has 1 atom stereocenters. The summed E-state index contributed by atoms with van der Waals surface area (Å²) in [4.78, 5) is 12.4. The van der Waals surface area contributed by atoms with Crippen molar-refractivity contribution in [3.63, 3.8) is 0 Å². The van der Waals surface area contributed by atoms with E-state index in [-0.39, 0.29) is 17.4 Å². The molecule has 0 saturated heterocycles. The molecule has 0 aliphatic heterocycles. The molecule has 6 heteroatoms. The molecular formula is C17H25NO4S. The van der Waals surface area contributed by atoms with E-state index < -0.39 is 21.7 Å². The monoisotopic (exact) mass is 339 g/mol. The van der Waals surface area contributed by atoms with Crippen molar-refractivity contribution in [1.82, 2.24) is 4.31 Å². The molecule has 0 fully saturated rings. The maximum Gasteiger partial charge on any atom is 0.424 e. The number of nitrogens with zero attached hydrogens (tertiary/aromatic N) is 1. The highest BCUT2D eigenvalue weighted by Crippen LogP contribution is 2.21. The first kappa shape index (κ1) is 19.2. The zero-order valence-corrected chi connectivity index (χ0v) is 15.2. The lowest BCUT2D eigenvalue weighted by Gasteiger charge is -2.28. The van der Waals surface area contributed by atoms with Crippen molar-refractivity contribution in [2.24, 2.45) is 5.92 Å². The van der Waals surface area contributed by atoms with Crippen LogP contribution in [-0.4, -0.2) is 31.0 Å². The molecule has 23 heavy (non-hydrogen) atoms. The molecule has 0 spiro atoms. The van der Waals surface area contributed by atoms with Gasteiger partial charge in [0.05, 0.1) is 4.90 Å². The molecule has 0 unspecified atom stereocenters. The average molecular weight is 339 g/mol. The third-order valence-electron chi connectivity index (χ3n) is 3.06. The highest BCUT2D eigenvalue weighted by Gasteiger charge is 2.33. The van der Waals surface area contributed by atoms with Crippen LogP contribution in [0, 0.1) is 12.8 Å². The van der Waals surface area contributed by atoms with Crippen molar-refractivity contribution < 1.29 is 17.9 Å². The van der Waals surface area contributed by atoms with E-state index in [0.717, 1.165) is 9.87 Å². The van der Waals surface area contributed by atoms with Crippen LogP contribution in [0.15, 0.2) is 41.8 Å². The van der Waals surface area contributed by atoms with Gasteiger partial charge in [0.25, 0.3) is 10.0 Å². The molecular weight excluding hydrogens is 314 g/mol. The predicted molar refractivity (Wildman–Crippen MR) is 90.7 cm³/mol. The lowest BCUT2D eigenvalue weighted by molar-refractivity contribution is 0.0382. The molecule has 0 heterocycles. The summed E-state index contributed by atoms with van der Waals surface area (Å²) in [5, 5.41) is 0. The Bertz CT molecular complexity index is 657. The van der Waals surface area contributed by atoms with Crippen LogP contribution in [0.5, 0.6) is 0 Å². The van der Waals surface area contributed by atoms with Crippen molar-refractivity contribution in [2.75, 3.05) is 6.54 Å². The Morgan fingerprint density at radius 2 is 1.83 bits per heavy atom. The minimum Gasteiger partial charge on any atom is -0.443 e. The molecule has 1 aromatic carbocycles. The highest BCUT2D eigenvalue weighted by molar-refractivity contribution is 7.89. The minimum absolute atomic E-state index is 0.0192. The molecule has 0 N–H and O–H groups in total. The van der Waals surface area contributed by atoms with Gasteiger partial charge in [-0.3, -0.25) is 0 Å². The second-order valence-corrected chi connectivity index (χ2v) is 8.40. The number of carbonyl (C=O) groups excluding carboxylic acids is 1. The van der Waals surface area contributed by atoms with Crippen LogP contribution in [0.25, 0.3) is 0 Å². The normalized spacial score (nSPS) is 13.3. The average Bonchev–Trinajstić information content (AvgIpc) is 2.42. The molecule has 0 bridgehead atoms. The molecule has 1 amide bonds. The Morgan fingerprint density at radius 1 is 1.30 bits per heavy atom. The van der Waals surface area contributed by atoms with Crippen LogP contribution in [-0.2, 0) is 14.8 Å². The first-order valence-electron chi connectivity index (χ1n) is 7.42. The molecule has 0 aromatic heterocycles. The topological polar surface area (TPSA) is 63.7 Å². The molecule has 1 aromatic rings. The van der Waals surface area contributed by atoms with Crippen LogP contribution in [0.4, 0.5) is 4.79 Å². The van der Waals surface area contributed by atoms with Crippen LogP contribution < -0.4 is 0 Å². The second kappa shape index (κ2) is 7.17. The van der Waals surface area contributed by atoms with Crippen LogP contribution in [0.3, 0.4) is 0 Å². The van der Waals surface area contributed by atoms with E-state index in [1.807, 2.05) is 6.92 Å². The Morgan fingerprint density at radius 3 is 2.26 bits per heavy atom. The van der Waals surface area contributed by atoms with E-state index in [9.17, 15) is 13.2 Å². The van der Waals surface area contributed by atoms with Gasteiger partial charge < -0.3 is 4.74 Å². The predicted octanol–water partition coefficient (Wildman–Crippen LogP) is 3.74. The molecule has 5 nitrogen and oxygen atoms in total. The van der Waals surface area contributed by atoms with Gasteiger partial charge in [0, 0.05) is 6.54 Å². The van der Waals surface area contributed by atoms with Gasteiger partial charge in [0.15, 0.2) is 0 Å². The van der Waals surface area contributed by atoms with Gasteiger partial charge in [-0.2, -0.15) is 4.31 Å². The Hall–Kier alpha value is -1.82. The van der Waals surface area contributed by atoms with Crippen molar-refractivity contribution >= 4 is 16.1 Å².